The molecule has 13 heteroatoms. The SMILES string of the molecule is Cc1ccccc1CNC(=O)[C@H]1N(C(=O)[C@@H](O)[C@H](Cc2ccccc2)NC(=O)[C@H](CC(N)=O)NC(=O)OCc2ccccc2)CSC1(C)C. The predicted octanol–water partition coefficient (Wildman–Crippen LogP) is 2.55. The van der Waals surface area contributed by atoms with Gasteiger partial charge in [0.25, 0.3) is 5.91 Å². The van der Waals surface area contributed by atoms with Crippen molar-refractivity contribution in [3.05, 3.63) is 107 Å². The summed E-state index contributed by atoms with van der Waals surface area (Å²) in [7, 11) is 0. The summed E-state index contributed by atoms with van der Waals surface area (Å²) in [6.45, 7) is 5.85. The number of amides is 5. The van der Waals surface area contributed by atoms with Crippen molar-refractivity contribution >= 4 is 41.5 Å². The molecular formula is C36H43N5O7S. The number of aryl methyl sites for hydroxylation is 1. The van der Waals surface area contributed by atoms with Crippen LogP contribution in [-0.4, -0.2) is 74.6 Å². The van der Waals surface area contributed by atoms with Crippen LogP contribution in [0.4, 0.5) is 4.79 Å². The lowest BCUT2D eigenvalue weighted by Crippen LogP contribution is -2.60. The lowest BCUT2D eigenvalue weighted by molar-refractivity contribution is -0.148. The second-order valence-electron chi connectivity index (χ2n) is 12.4. The predicted molar refractivity (Wildman–Crippen MR) is 186 cm³/mol. The Kier molecular flexibility index (Phi) is 12.8. The maximum atomic E-state index is 14.0. The van der Waals surface area contributed by atoms with Gasteiger partial charge in [-0.05, 0) is 49.4 Å². The fourth-order valence-corrected chi connectivity index (χ4v) is 6.69. The first-order valence-corrected chi connectivity index (χ1v) is 16.9. The molecule has 0 aromatic heterocycles. The van der Waals surface area contributed by atoms with E-state index in [1.807, 2.05) is 51.1 Å². The Morgan fingerprint density at radius 1 is 0.939 bits per heavy atom. The Morgan fingerprint density at radius 2 is 1.55 bits per heavy atom. The molecule has 49 heavy (non-hydrogen) atoms. The van der Waals surface area contributed by atoms with Gasteiger partial charge in [-0.25, -0.2) is 4.79 Å². The van der Waals surface area contributed by atoms with Crippen molar-refractivity contribution in [2.24, 2.45) is 5.73 Å². The molecule has 260 valence electrons. The van der Waals surface area contributed by atoms with Gasteiger partial charge in [-0.3, -0.25) is 19.2 Å². The number of rotatable bonds is 14. The Balaban J connectivity index is 1.51. The number of carbonyl (C=O) groups is 5. The molecule has 1 aliphatic heterocycles. The van der Waals surface area contributed by atoms with Crippen molar-refractivity contribution in [2.75, 3.05) is 5.88 Å². The molecule has 0 unspecified atom stereocenters. The molecule has 6 N–H and O–H groups in total. The van der Waals surface area contributed by atoms with Crippen molar-refractivity contribution in [1.29, 1.82) is 0 Å². The van der Waals surface area contributed by atoms with E-state index in [2.05, 4.69) is 16.0 Å². The molecule has 0 radical (unpaired) electrons. The average molecular weight is 690 g/mol. The Bertz CT molecular complexity index is 1620. The molecule has 5 amide bonds. The van der Waals surface area contributed by atoms with Crippen LogP contribution in [0, 0.1) is 6.92 Å². The first kappa shape index (κ1) is 36.9. The molecule has 0 aliphatic carbocycles. The minimum Gasteiger partial charge on any atom is -0.445 e. The fourth-order valence-electron chi connectivity index (χ4n) is 5.55. The van der Waals surface area contributed by atoms with Crippen LogP contribution in [0.2, 0.25) is 0 Å². The van der Waals surface area contributed by atoms with Gasteiger partial charge in [0.15, 0.2) is 6.10 Å². The lowest BCUT2D eigenvalue weighted by atomic mass is 9.96. The Labute approximate surface area is 290 Å². The number of hydrogen-bond acceptors (Lipinski definition) is 8. The van der Waals surface area contributed by atoms with Crippen LogP contribution < -0.4 is 21.7 Å². The minimum atomic E-state index is -1.79. The van der Waals surface area contributed by atoms with Crippen LogP contribution in [0.3, 0.4) is 0 Å². The summed E-state index contributed by atoms with van der Waals surface area (Å²) in [6.07, 6.45) is -3.29. The van der Waals surface area contributed by atoms with Gasteiger partial charge in [0.2, 0.25) is 17.7 Å². The highest BCUT2D eigenvalue weighted by Crippen LogP contribution is 2.40. The van der Waals surface area contributed by atoms with Crippen LogP contribution in [-0.2, 0) is 43.5 Å². The van der Waals surface area contributed by atoms with Crippen LogP contribution >= 0.6 is 11.8 Å². The van der Waals surface area contributed by atoms with Crippen LogP contribution in [0.25, 0.3) is 0 Å². The van der Waals surface area contributed by atoms with Crippen LogP contribution in [0.5, 0.6) is 0 Å². The number of thioether (sulfide) groups is 1. The Hall–Kier alpha value is -4.88. The number of hydrogen-bond donors (Lipinski definition) is 5. The van der Waals surface area contributed by atoms with E-state index in [0.717, 1.165) is 11.1 Å². The highest BCUT2D eigenvalue weighted by atomic mass is 32.2. The van der Waals surface area contributed by atoms with E-state index in [4.69, 9.17) is 10.5 Å². The number of aliphatic hydroxyl groups excluding tert-OH is 1. The van der Waals surface area contributed by atoms with Crippen molar-refractivity contribution in [3.8, 4) is 0 Å². The molecule has 1 heterocycles. The number of alkyl carbamates (subject to hydrolysis) is 1. The zero-order valence-electron chi connectivity index (χ0n) is 27.8. The standard InChI is InChI=1S/C36H43N5O7S/c1-23-12-10-11-17-26(23)20-38-33(45)31-36(2,3)49-22-41(31)34(46)30(43)27(18-24-13-6-4-7-14-24)39-32(44)28(19-29(37)42)40-35(47)48-21-25-15-8-5-9-16-25/h4-17,27-28,30-31,43H,18-22H2,1-3H3,(H2,37,42)(H,38,45)(H,39,44)(H,40,47)/t27-,28-,30-,31+/m0/s1. The molecular weight excluding hydrogens is 646 g/mol. The molecule has 4 rings (SSSR count). The van der Waals surface area contributed by atoms with E-state index < -0.39 is 59.2 Å². The van der Waals surface area contributed by atoms with E-state index in [1.54, 1.807) is 54.6 Å². The van der Waals surface area contributed by atoms with E-state index in [-0.39, 0.29) is 31.4 Å². The Morgan fingerprint density at radius 3 is 2.18 bits per heavy atom. The largest absolute Gasteiger partial charge is 0.445 e. The molecule has 1 saturated heterocycles. The molecule has 1 fully saturated rings. The number of carbonyl (C=O) groups excluding carboxylic acids is 5. The molecule has 12 nitrogen and oxygen atoms in total. The zero-order chi connectivity index (χ0) is 35.6. The maximum Gasteiger partial charge on any atom is 0.408 e. The van der Waals surface area contributed by atoms with Gasteiger partial charge in [0.1, 0.15) is 18.7 Å². The van der Waals surface area contributed by atoms with E-state index in [9.17, 15) is 29.1 Å². The molecule has 3 aromatic carbocycles. The number of nitrogens with two attached hydrogens (primary N) is 1. The van der Waals surface area contributed by atoms with Crippen molar-refractivity contribution in [2.45, 2.75) is 75.7 Å². The molecule has 0 saturated carbocycles. The van der Waals surface area contributed by atoms with Crippen LogP contribution in [0.1, 0.15) is 42.5 Å². The van der Waals surface area contributed by atoms with Gasteiger partial charge in [-0.1, -0.05) is 84.9 Å². The molecule has 1 aliphatic rings. The highest BCUT2D eigenvalue weighted by Gasteiger charge is 2.50. The summed E-state index contributed by atoms with van der Waals surface area (Å²) < 4.78 is 4.54. The number of nitrogens with one attached hydrogen (secondary N) is 3. The van der Waals surface area contributed by atoms with Gasteiger partial charge in [0, 0.05) is 11.3 Å². The van der Waals surface area contributed by atoms with Crippen LogP contribution in [0.15, 0.2) is 84.9 Å². The van der Waals surface area contributed by atoms with Crippen molar-refractivity contribution < 1.29 is 33.8 Å². The second kappa shape index (κ2) is 17.0. The third-order valence-electron chi connectivity index (χ3n) is 8.28. The quantitative estimate of drug-likeness (QED) is 0.171. The first-order chi connectivity index (χ1) is 23.4. The summed E-state index contributed by atoms with van der Waals surface area (Å²) in [4.78, 5) is 67.0. The number of nitrogens with zero attached hydrogens (tertiary/aromatic N) is 1. The van der Waals surface area contributed by atoms with Gasteiger partial charge in [0.05, 0.1) is 18.3 Å². The third kappa shape index (κ3) is 10.3. The van der Waals surface area contributed by atoms with E-state index in [0.29, 0.717) is 11.1 Å². The van der Waals surface area contributed by atoms with Gasteiger partial charge < -0.3 is 36.4 Å². The summed E-state index contributed by atoms with van der Waals surface area (Å²) in [5.74, 6) is -2.71. The second-order valence-corrected chi connectivity index (χ2v) is 14.0. The average Bonchev–Trinajstić information content (AvgIpc) is 3.40. The fraction of sp³-hybridized carbons (Fsp3) is 0.361. The molecule has 3 aromatic rings. The van der Waals surface area contributed by atoms with Crippen molar-refractivity contribution in [3.63, 3.8) is 0 Å². The zero-order valence-corrected chi connectivity index (χ0v) is 28.6. The maximum absolute atomic E-state index is 14.0. The van der Waals surface area contributed by atoms with E-state index in [1.165, 1.54) is 16.7 Å². The highest BCUT2D eigenvalue weighted by molar-refractivity contribution is 8.00. The molecule has 0 spiro atoms. The summed E-state index contributed by atoms with van der Waals surface area (Å²) in [6, 6.07) is 21.9. The third-order valence-corrected chi connectivity index (χ3v) is 9.65. The summed E-state index contributed by atoms with van der Waals surface area (Å²) >= 11 is 1.40. The number of aliphatic hydroxyl groups is 1. The van der Waals surface area contributed by atoms with E-state index >= 15 is 0 Å². The number of benzene rings is 3. The monoisotopic (exact) mass is 689 g/mol. The summed E-state index contributed by atoms with van der Waals surface area (Å²) in [5, 5.41) is 19.5. The van der Waals surface area contributed by atoms with Crippen molar-refractivity contribution in [1.82, 2.24) is 20.9 Å². The summed E-state index contributed by atoms with van der Waals surface area (Å²) in [5.41, 5.74) is 8.75. The minimum absolute atomic E-state index is 0.0236. The molecule has 4 atom stereocenters. The van der Waals surface area contributed by atoms with Gasteiger partial charge >= 0.3 is 6.09 Å². The smallest absolute Gasteiger partial charge is 0.408 e. The topological polar surface area (TPSA) is 180 Å². The molecule has 0 bridgehead atoms. The van der Waals surface area contributed by atoms with Gasteiger partial charge in [-0.2, -0.15) is 0 Å². The first-order valence-electron chi connectivity index (χ1n) is 15.9. The van der Waals surface area contributed by atoms with Gasteiger partial charge in [-0.15, -0.1) is 11.8 Å². The lowest BCUT2D eigenvalue weighted by Gasteiger charge is -2.33. The normalized spacial score (nSPS) is 16.9. The number of ether oxygens (including phenoxy) is 1. The number of primary amides is 1.